The monoisotopic (exact) mass is 497 g/mol. The predicted molar refractivity (Wildman–Crippen MR) is 132 cm³/mol. The molecule has 3 aromatic rings. The number of aliphatic hydroxyl groups excluding tert-OH is 1. The number of aromatic nitrogens is 4. The van der Waals surface area contributed by atoms with Gasteiger partial charge in [-0.05, 0) is 30.5 Å². The number of fused-ring (bicyclic) bond motifs is 1. The largest absolute Gasteiger partial charge is 0.495 e. The molecule has 1 amide bonds. The normalized spacial score (nSPS) is 17.4. The fourth-order valence-electron chi connectivity index (χ4n) is 4.61. The van der Waals surface area contributed by atoms with Gasteiger partial charge in [-0.1, -0.05) is 17.7 Å². The van der Waals surface area contributed by atoms with E-state index < -0.39 is 0 Å². The third-order valence-electron chi connectivity index (χ3n) is 6.56. The van der Waals surface area contributed by atoms with Crippen molar-refractivity contribution >= 4 is 29.3 Å². The number of benzene rings is 1. The van der Waals surface area contributed by atoms with Gasteiger partial charge in [-0.2, -0.15) is 4.98 Å². The summed E-state index contributed by atoms with van der Waals surface area (Å²) >= 11 is 6.29. The van der Waals surface area contributed by atoms with Crippen LogP contribution in [0.1, 0.15) is 34.6 Å². The molecule has 2 aliphatic heterocycles. The number of imidazole rings is 1. The van der Waals surface area contributed by atoms with Crippen LogP contribution in [0.5, 0.6) is 5.75 Å². The zero-order valence-corrected chi connectivity index (χ0v) is 20.3. The van der Waals surface area contributed by atoms with Crippen LogP contribution >= 0.6 is 11.6 Å². The predicted octanol–water partition coefficient (Wildman–Crippen LogP) is 2.56. The molecular formula is C24H28ClN7O3. The van der Waals surface area contributed by atoms with E-state index in [0.29, 0.717) is 54.3 Å². The Kier molecular flexibility index (Phi) is 6.74. The van der Waals surface area contributed by atoms with Crippen LogP contribution in [0, 0.1) is 0 Å². The Morgan fingerprint density at radius 2 is 2.17 bits per heavy atom. The Labute approximate surface area is 208 Å². The number of methoxy groups -OCH3 is 1. The number of anilines is 2. The number of carbonyl (C=O) groups is 1. The van der Waals surface area contributed by atoms with E-state index in [2.05, 4.69) is 19.9 Å². The molecule has 1 fully saturated rings. The average Bonchev–Trinajstić information content (AvgIpc) is 3.56. The third-order valence-corrected chi connectivity index (χ3v) is 6.85. The number of nitrogens with one attached hydrogen (secondary N) is 1. The lowest BCUT2D eigenvalue weighted by Crippen LogP contribution is -2.39. The van der Waals surface area contributed by atoms with Crippen LogP contribution in [0.2, 0.25) is 5.02 Å². The van der Waals surface area contributed by atoms with Crippen molar-refractivity contribution in [2.24, 2.45) is 0 Å². The molecule has 0 unspecified atom stereocenters. The number of halogens is 1. The Morgan fingerprint density at radius 1 is 1.29 bits per heavy atom. The van der Waals surface area contributed by atoms with E-state index in [9.17, 15) is 9.90 Å². The molecule has 0 radical (unpaired) electrons. The highest BCUT2D eigenvalue weighted by molar-refractivity contribution is 6.32. The summed E-state index contributed by atoms with van der Waals surface area (Å²) in [7, 11) is 1.57. The van der Waals surface area contributed by atoms with Crippen molar-refractivity contribution in [1.82, 2.24) is 24.4 Å². The Balaban J connectivity index is 1.42. The topological polar surface area (TPSA) is 109 Å². The molecule has 0 saturated carbocycles. The van der Waals surface area contributed by atoms with Crippen molar-refractivity contribution in [1.29, 1.82) is 0 Å². The maximum atomic E-state index is 13.5. The molecule has 1 saturated heterocycles. The van der Waals surface area contributed by atoms with Crippen LogP contribution in [0.25, 0.3) is 0 Å². The van der Waals surface area contributed by atoms with Crippen molar-refractivity contribution in [2.75, 3.05) is 37.0 Å². The highest BCUT2D eigenvalue weighted by Gasteiger charge is 2.29. The second-order valence-corrected chi connectivity index (χ2v) is 9.10. The molecule has 184 valence electrons. The van der Waals surface area contributed by atoms with E-state index in [1.165, 1.54) is 0 Å². The molecule has 35 heavy (non-hydrogen) atoms. The second-order valence-electron chi connectivity index (χ2n) is 8.69. The number of nitrogens with zero attached hydrogens (tertiary/aromatic N) is 6. The van der Waals surface area contributed by atoms with Gasteiger partial charge in [0.15, 0.2) is 0 Å². The summed E-state index contributed by atoms with van der Waals surface area (Å²) < 4.78 is 7.29. The maximum Gasteiger partial charge on any atom is 0.259 e. The van der Waals surface area contributed by atoms with E-state index in [-0.39, 0.29) is 18.6 Å². The van der Waals surface area contributed by atoms with Gasteiger partial charge in [-0.25, -0.2) is 9.97 Å². The molecule has 0 aliphatic carbocycles. The molecule has 0 spiro atoms. The first-order valence-corrected chi connectivity index (χ1v) is 12.0. The first-order chi connectivity index (χ1) is 17.1. The molecule has 10 nitrogen and oxygen atoms in total. The molecular weight excluding hydrogens is 470 g/mol. The van der Waals surface area contributed by atoms with Gasteiger partial charge < -0.3 is 29.5 Å². The highest BCUT2D eigenvalue weighted by Crippen LogP contribution is 2.28. The fraction of sp³-hybridized carbons (Fsp3) is 0.417. The van der Waals surface area contributed by atoms with Crippen LogP contribution in [0.15, 0.2) is 36.8 Å². The quantitative estimate of drug-likeness (QED) is 0.512. The van der Waals surface area contributed by atoms with Crippen molar-refractivity contribution in [2.45, 2.75) is 38.5 Å². The molecule has 2 N–H and O–H groups in total. The molecule has 0 bridgehead atoms. The Morgan fingerprint density at radius 3 is 2.97 bits per heavy atom. The zero-order valence-electron chi connectivity index (χ0n) is 19.5. The average molecular weight is 498 g/mol. The summed E-state index contributed by atoms with van der Waals surface area (Å²) in [6.07, 6.45) is 7.11. The van der Waals surface area contributed by atoms with Gasteiger partial charge in [0.05, 0.1) is 31.3 Å². The highest BCUT2D eigenvalue weighted by atomic mass is 35.5. The molecule has 1 atom stereocenters. The fourth-order valence-corrected chi connectivity index (χ4v) is 4.89. The first-order valence-electron chi connectivity index (χ1n) is 11.7. The van der Waals surface area contributed by atoms with Crippen LogP contribution in [0.4, 0.5) is 11.8 Å². The van der Waals surface area contributed by atoms with E-state index in [0.717, 1.165) is 30.8 Å². The minimum atomic E-state index is -0.152. The van der Waals surface area contributed by atoms with Crippen molar-refractivity contribution in [3.8, 4) is 5.75 Å². The number of hydrogen-bond acceptors (Lipinski definition) is 8. The van der Waals surface area contributed by atoms with Crippen molar-refractivity contribution in [3.63, 3.8) is 0 Å². The second kappa shape index (κ2) is 10.1. The lowest BCUT2D eigenvalue weighted by molar-refractivity contribution is 0.0707. The van der Waals surface area contributed by atoms with Gasteiger partial charge in [0.1, 0.15) is 23.0 Å². The molecule has 11 heteroatoms. The van der Waals surface area contributed by atoms with E-state index in [1.807, 2.05) is 29.3 Å². The third kappa shape index (κ3) is 4.76. The van der Waals surface area contributed by atoms with Crippen LogP contribution in [-0.2, 0) is 19.6 Å². The summed E-state index contributed by atoms with van der Waals surface area (Å²) in [6.45, 7) is 2.92. The molecule has 1 aromatic carbocycles. The summed E-state index contributed by atoms with van der Waals surface area (Å²) in [5.41, 5.74) is 1.32. The van der Waals surface area contributed by atoms with Crippen LogP contribution in [0.3, 0.4) is 0 Å². The zero-order chi connectivity index (χ0) is 24.4. The summed E-state index contributed by atoms with van der Waals surface area (Å²) in [5, 5.41) is 13.6. The van der Waals surface area contributed by atoms with Crippen molar-refractivity contribution in [3.05, 3.63) is 58.8 Å². The first kappa shape index (κ1) is 23.4. The Hall–Kier alpha value is -3.37. The molecule has 2 aliphatic rings. The molecule has 5 rings (SSSR count). The van der Waals surface area contributed by atoms with Gasteiger partial charge in [-0.15, -0.1) is 0 Å². The lowest BCUT2D eigenvalue weighted by Gasteiger charge is -2.29. The maximum absolute atomic E-state index is 13.5. The van der Waals surface area contributed by atoms with Crippen LogP contribution in [-0.4, -0.2) is 68.3 Å². The number of rotatable bonds is 7. The van der Waals surface area contributed by atoms with E-state index in [1.54, 1.807) is 24.4 Å². The lowest BCUT2D eigenvalue weighted by atomic mass is 10.2. The van der Waals surface area contributed by atoms with Crippen molar-refractivity contribution < 1.29 is 14.6 Å². The molecule has 2 aromatic heterocycles. The number of amides is 1. The van der Waals surface area contributed by atoms with Gasteiger partial charge in [0.2, 0.25) is 5.95 Å². The number of ether oxygens (including phenoxy) is 1. The smallest absolute Gasteiger partial charge is 0.259 e. The summed E-state index contributed by atoms with van der Waals surface area (Å²) in [4.78, 5) is 30.9. The molecule has 4 heterocycles. The minimum absolute atomic E-state index is 0.0225. The number of aliphatic hydroxyl groups is 1. The van der Waals surface area contributed by atoms with Gasteiger partial charge >= 0.3 is 0 Å². The minimum Gasteiger partial charge on any atom is -0.495 e. The summed E-state index contributed by atoms with van der Waals surface area (Å²) in [6, 6.07) is 5.52. The summed E-state index contributed by atoms with van der Waals surface area (Å²) in [5.74, 6) is 2.25. The Bertz CT molecular complexity index is 1220. The van der Waals surface area contributed by atoms with E-state index >= 15 is 0 Å². The van der Waals surface area contributed by atoms with Crippen LogP contribution < -0.4 is 15.0 Å². The van der Waals surface area contributed by atoms with E-state index in [4.69, 9.17) is 21.3 Å². The van der Waals surface area contributed by atoms with Gasteiger partial charge in [0, 0.05) is 44.8 Å². The number of hydrogen-bond donors (Lipinski definition) is 2. The SMILES string of the molecule is COc1ccc(CNc2nc(N3CCC[C@H]3CO)ncc2C(=O)N2CCn3ccnc3C2)cc1Cl. The van der Waals surface area contributed by atoms with Gasteiger partial charge in [0.25, 0.3) is 5.91 Å². The standard InChI is InChI=1S/C24H28ClN7O3/c1-35-20-5-4-16(11-19(20)25)12-27-22-18(13-28-24(29-22)32-7-2-3-17(32)15-33)23(34)31-10-9-30-8-6-26-21(30)14-31/h4-6,8,11,13,17,33H,2-3,7,9-10,12,14-15H2,1H3,(H,27,28,29)/t17-/m0/s1. The van der Waals surface area contributed by atoms with Gasteiger partial charge in [-0.3, -0.25) is 4.79 Å². The number of carbonyl (C=O) groups excluding carboxylic acids is 1.